The first kappa shape index (κ1) is 38.5. The van der Waals surface area contributed by atoms with Crippen LogP contribution in [-0.2, 0) is 4.79 Å². The number of carbonyl (C=O) groups is 1. The van der Waals surface area contributed by atoms with Crippen LogP contribution in [0.5, 0.6) is 0 Å². The number of carbonyl (C=O) groups excluding carboxylic acids is 1. The number of nitrogens with one attached hydrogen (secondary N) is 3. The van der Waals surface area contributed by atoms with Crippen LogP contribution in [0.15, 0.2) is 30.3 Å². The molecule has 0 radical (unpaired) electrons. The van der Waals surface area contributed by atoms with E-state index in [2.05, 4.69) is 79.7 Å². The molecule has 3 saturated heterocycles. The van der Waals surface area contributed by atoms with E-state index < -0.39 is 0 Å². The van der Waals surface area contributed by atoms with Gasteiger partial charge in [-0.15, -0.1) is 0 Å². The normalized spacial score (nSPS) is 25.7. The van der Waals surface area contributed by atoms with Crippen LogP contribution in [0, 0.1) is 11.8 Å². The van der Waals surface area contributed by atoms with Crippen molar-refractivity contribution >= 4 is 11.6 Å². The number of anilines is 1. The molecule has 4 aliphatic rings. The highest BCUT2D eigenvalue weighted by molar-refractivity contribution is 5.93. The molecular formula is C41H73N7O. The molecule has 278 valence electrons. The van der Waals surface area contributed by atoms with Gasteiger partial charge in [-0.3, -0.25) is 4.79 Å². The van der Waals surface area contributed by atoms with Gasteiger partial charge in [-0.05, 0) is 121 Å². The van der Waals surface area contributed by atoms with Gasteiger partial charge < -0.3 is 35.6 Å². The lowest BCUT2D eigenvalue weighted by molar-refractivity contribution is -0.134. The first-order valence-corrected chi connectivity index (χ1v) is 20.8. The molecule has 3 aliphatic heterocycles. The number of hydrogen-bond acceptors (Lipinski definition) is 7. The van der Waals surface area contributed by atoms with Gasteiger partial charge in [-0.1, -0.05) is 64.2 Å². The SMILES string of the molecule is CC(C)C1CCC(N2CCC3(CC2)C(=O)N(CCCCCCCCCN2CCCNCCNCCCNCC2)CN3c2ccccc2)CC1. The molecule has 3 heterocycles. The Balaban J connectivity index is 0.995. The minimum absolute atomic E-state index is 0.362. The Morgan fingerprint density at radius 1 is 0.694 bits per heavy atom. The zero-order valence-corrected chi connectivity index (χ0v) is 31.6. The second-order valence-corrected chi connectivity index (χ2v) is 16.1. The number of rotatable bonds is 13. The number of benzene rings is 1. The van der Waals surface area contributed by atoms with Crippen LogP contribution in [-0.4, -0.2) is 117 Å². The summed E-state index contributed by atoms with van der Waals surface area (Å²) in [5.41, 5.74) is 0.854. The summed E-state index contributed by atoms with van der Waals surface area (Å²) in [7, 11) is 0. The first-order chi connectivity index (χ1) is 24.1. The van der Waals surface area contributed by atoms with Crippen LogP contribution >= 0.6 is 0 Å². The van der Waals surface area contributed by atoms with E-state index in [1.165, 1.54) is 102 Å². The van der Waals surface area contributed by atoms with E-state index in [1.807, 2.05) is 0 Å². The average molecular weight is 680 g/mol. The van der Waals surface area contributed by atoms with Gasteiger partial charge in [0, 0.05) is 57.5 Å². The molecule has 8 heteroatoms. The van der Waals surface area contributed by atoms with Crippen molar-refractivity contribution in [3.05, 3.63) is 30.3 Å². The van der Waals surface area contributed by atoms with E-state index in [0.29, 0.717) is 5.91 Å². The fourth-order valence-corrected chi connectivity index (χ4v) is 9.18. The van der Waals surface area contributed by atoms with Crippen molar-refractivity contribution in [1.29, 1.82) is 0 Å². The van der Waals surface area contributed by atoms with E-state index >= 15 is 0 Å². The summed E-state index contributed by atoms with van der Waals surface area (Å²) < 4.78 is 0. The average Bonchev–Trinajstić information content (AvgIpc) is 3.39. The van der Waals surface area contributed by atoms with Crippen LogP contribution < -0.4 is 20.9 Å². The second-order valence-electron chi connectivity index (χ2n) is 16.1. The Kier molecular flexibility index (Phi) is 16.5. The fraction of sp³-hybridized carbons (Fsp3) is 0.829. The molecule has 1 spiro atoms. The van der Waals surface area contributed by atoms with Crippen molar-refractivity contribution in [2.45, 2.75) is 122 Å². The number of nitrogens with zero attached hydrogens (tertiary/aromatic N) is 4. The van der Waals surface area contributed by atoms with Crippen LogP contribution in [0.3, 0.4) is 0 Å². The van der Waals surface area contributed by atoms with Gasteiger partial charge in [0.25, 0.3) is 0 Å². The van der Waals surface area contributed by atoms with Crippen molar-refractivity contribution < 1.29 is 4.79 Å². The standard InChI is InChI=1S/C41H73N7O/c1-36(2)37-17-19-38(20-18-37)46-32-21-41(22-33-46)40(49)47(35-48(41)39-15-9-8-10-16-39)31-12-7-5-3-4-6-11-29-45-30-14-25-43-27-26-42-23-13-24-44-28-34-45/h8-10,15-16,36-38,42-44H,3-7,11-14,17-35H2,1-2H3. The molecule has 1 aliphatic carbocycles. The molecule has 8 nitrogen and oxygen atoms in total. The summed E-state index contributed by atoms with van der Waals surface area (Å²) in [5.74, 6) is 2.11. The summed E-state index contributed by atoms with van der Waals surface area (Å²) >= 11 is 0. The minimum Gasteiger partial charge on any atom is -0.339 e. The topological polar surface area (TPSA) is 66.1 Å². The van der Waals surface area contributed by atoms with Gasteiger partial charge >= 0.3 is 0 Å². The summed E-state index contributed by atoms with van der Waals surface area (Å²) in [5, 5.41) is 10.8. The molecule has 0 aromatic heterocycles. The third kappa shape index (κ3) is 11.6. The van der Waals surface area contributed by atoms with Crippen LogP contribution in [0.25, 0.3) is 0 Å². The highest BCUT2D eigenvalue weighted by Crippen LogP contribution is 2.41. The van der Waals surface area contributed by atoms with Crippen LogP contribution in [0.2, 0.25) is 0 Å². The van der Waals surface area contributed by atoms with Crippen molar-refractivity contribution in [2.75, 3.05) is 90.1 Å². The Bertz CT molecular complexity index is 1020. The van der Waals surface area contributed by atoms with Gasteiger partial charge in [0.1, 0.15) is 5.54 Å². The Morgan fingerprint density at radius 2 is 1.31 bits per heavy atom. The van der Waals surface area contributed by atoms with Crippen molar-refractivity contribution in [3.8, 4) is 0 Å². The zero-order valence-electron chi connectivity index (χ0n) is 31.6. The van der Waals surface area contributed by atoms with Gasteiger partial charge in [0.05, 0.1) is 6.67 Å². The third-order valence-electron chi connectivity index (χ3n) is 12.4. The molecule has 0 atom stereocenters. The highest BCUT2D eigenvalue weighted by atomic mass is 16.2. The number of amides is 1. The Morgan fingerprint density at radius 3 is 1.98 bits per heavy atom. The number of piperidine rings is 1. The zero-order chi connectivity index (χ0) is 34.2. The second kappa shape index (κ2) is 21.0. The number of hydrogen-bond donors (Lipinski definition) is 3. The molecule has 4 fully saturated rings. The van der Waals surface area contributed by atoms with Gasteiger partial charge in [0.15, 0.2) is 0 Å². The summed E-state index contributed by atoms with van der Waals surface area (Å²) in [4.78, 5) is 24.3. The van der Waals surface area contributed by atoms with E-state index in [9.17, 15) is 4.79 Å². The maximum Gasteiger partial charge on any atom is 0.250 e. The largest absolute Gasteiger partial charge is 0.339 e. The Hall–Kier alpha value is -1.71. The highest BCUT2D eigenvalue weighted by Gasteiger charge is 2.54. The molecule has 5 rings (SSSR count). The van der Waals surface area contributed by atoms with E-state index in [4.69, 9.17) is 0 Å². The lowest BCUT2D eigenvalue weighted by Crippen LogP contribution is -2.58. The van der Waals surface area contributed by atoms with Crippen LogP contribution in [0.4, 0.5) is 5.69 Å². The van der Waals surface area contributed by atoms with Crippen LogP contribution in [0.1, 0.15) is 110 Å². The molecule has 1 amide bonds. The third-order valence-corrected chi connectivity index (χ3v) is 12.4. The quantitative estimate of drug-likeness (QED) is 0.223. The molecule has 3 N–H and O–H groups in total. The number of para-hydroxylation sites is 1. The van der Waals surface area contributed by atoms with Crippen molar-refractivity contribution in [3.63, 3.8) is 0 Å². The van der Waals surface area contributed by atoms with E-state index in [1.54, 1.807) is 0 Å². The summed E-state index contributed by atoms with van der Waals surface area (Å²) in [6.07, 6.45) is 18.8. The van der Waals surface area contributed by atoms with Gasteiger partial charge in [-0.2, -0.15) is 0 Å². The van der Waals surface area contributed by atoms with E-state index in [0.717, 1.165) is 103 Å². The summed E-state index contributed by atoms with van der Waals surface area (Å²) in [6.45, 7) is 18.8. The first-order valence-electron chi connectivity index (χ1n) is 20.8. The van der Waals surface area contributed by atoms with E-state index in [-0.39, 0.29) is 5.54 Å². The maximum absolute atomic E-state index is 14.2. The lowest BCUT2D eigenvalue weighted by atomic mass is 9.78. The monoisotopic (exact) mass is 680 g/mol. The van der Waals surface area contributed by atoms with Crippen molar-refractivity contribution in [1.82, 2.24) is 30.7 Å². The minimum atomic E-state index is -0.362. The number of unbranched alkanes of at least 4 members (excludes halogenated alkanes) is 6. The predicted molar refractivity (Wildman–Crippen MR) is 206 cm³/mol. The molecular weight excluding hydrogens is 606 g/mol. The molecule has 49 heavy (non-hydrogen) atoms. The predicted octanol–water partition coefficient (Wildman–Crippen LogP) is 5.94. The molecule has 1 aromatic rings. The number of likely N-dealkylation sites (tertiary alicyclic amines) is 1. The Labute approximate surface area is 300 Å². The molecule has 0 bridgehead atoms. The lowest BCUT2D eigenvalue weighted by Gasteiger charge is -2.47. The van der Waals surface area contributed by atoms with Gasteiger partial charge in [-0.25, -0.2) is 0 Å². The maximum atomic E-state index is 14.2. The molecule has 1 aromatic carbocycles. The van der Waals surface area contributed by atoms with Gasteiger partial charge in [0.2, 0.25) is 5.91 Å². The fourth-order valence-electron chi connectivity index (χ4n) is 9.18. The smallest absolute Gasteiger partial charge is 0.250 e. The summed E-state index contributed by atoms with van der Waals surface area (Å²) in [6, 6.07) is 11.5. The molecule has 0 unspecified atom stereocenters. The molecule has 1 saturated carbocycles. The van der Waals surface area contributed by atoms with Crippen molar-refractivity contribution in [2.24, 2.45) is 11.8 Å².